The van der Waals surface area contributed by atoms with Crippen LogP contribution in [0.4, 0.5) is 15.6 Å². The lowest BCUT2D eigenvalue weighted by atomic mass is 10.1. The number of nitrogens with zero attached hydrogens (tertiary/aromatic N) is 3. The first-order valence-electron chi connectivity index (χ1n) is 8.52. The van der Waals surface area contributed by atoms with Gasteiger partial charge in [-0.05, 0) is 24.3 Å². The third-order valence-electron chi connectivity index (χ3n) is 4.15. The van der Waals surface area contributed by atoms with Gasteiger partial charge in [-0.3, -0.25) is 19.8 Å². The van der Waals surface area contributed by atoms with Gasteiger partial charge in [0.15, 0.2) is 0 Å². The molecule has 3 aromatic rings. The van der Waals surface area contributed by atoms with Crippen LogP contribution in [0.2, 0.25) is 0 Å². The number of para-hydroxylation sites is 1. The van der Waals surface area contributed by atoms with E-state index in [4.69, 9.17) is 0 Å². The molecule has 1 aromatic heterocycles. The summed E-state index contributed by atoms with van der Waals surface area (Å²) in [5.41, 5.74) is 1.50. The highest BCUT2D eigenvalue weighted by molar-refractivity contribution is 7.15. The van der Waals surface area contributed by atoms with Crippen molar-refractivity contribution in [2.24, 2.45) is 0 Å². The van der Waals surface area contributed by atoms with Crippen LogP contribution >= 0.6 is 11.3 Å². The van der Waals surface area contributed by atoms with Crippen molar-refractivity contribution in [3.63, 3.8) is 0 Å². The first-order chi connectivity index (χ1) is 13.6. The van der Waals surface area contributed by atoms with Crippen LogP contribution in [0.3, 0.4) is 0 Å². The SMILES string of the molecule is O=C(Nc1ccccc1)Nc1nnc(CCN2C(=O)c3ccccc3C2=O)s1. The second kappa shape index (κ2) is 7.57. The van der Waals surface area contributed by atoms with Crippen molar-refractivity contribution in [3.05, 3.63) is 70.7 Å². The van der Waals surface area contributed by atoms with Gasteiger partial charge in [-0.25, -0.2) is 4.79 Å². The Labute approximate surface area is 164 Å². The summed E-state index contributed by atoms with van der Waals surface area (Å²) in [6.07, 6.45) is 0.366. The van der Waals surface area contributed by atoms with Gasteiger partial charge in [0.2, 0.25) is 5.13 Å². The maximum absolute atomic E-state index is 12.4. The molecule has 9 heteroatoms. The van der Waals surface area contributed by atoms with E-state index in [1.54, 1.807) is 36.4 Å². The Morgan fingerprint density at radius 1 is 0.893 bits per heavy atom. The molecule has 0 saturated heterocycles. The number of fused-ring (bicyclic) bond motifs is 1. The summed E-state index contributed by atoms with van der Waals surface area (Å²) in [6.45, 7) is 0.206. The molecule has 0 aliphatic carbocycles. The number of anilines is 2. The molecule has 2 aromatic carbocycles. The van der Waals surface area contributed by atoms with Gasteiger partial charge in [0.05, 0.1) is 11.1 Å². The van der Waals surface area contributed by atoms with Crippen molar-refractivity contribution in [2.75, 3.05) is 17.2 Å². The fourth-order valence-electron chi connectivity index (χ4n) is 2.84. The molecule has 1 aliphatic heterocycles. The lowest BCUT2D eigenvalue weighted by Crippen LogP contribution is -2.31. The number of carbonyl (C=O) groups excluding carboxylic acids is 3. The summed E-state index contributed by atoms with van der Waals surface area (Å²) in [7, 11) is 0. The Hall–Kier alpha value is -3.59. The number of amides is 4. The van der Waals surface area contributed by atoms with Crippen LogP contribution in [0.1, 0.15) is 25.7 Å². The fourth-order valence-corrected chi connectivity index (χ4v) is 3.56. The number of hydrogen-bond acceptors (Lipinski definition) is 6. The Bertz CT molecular complexity index is 1020. The molecule has 2 heterocycles. The van der Waals surface area contributed by atoms with Gasteiger partial charge in [0.1, 0.15) is 5.01 Å². The molecular formula is C19H15N5O3S. The number of imide groups is 1. The van der Waals surface area contributed by atoms with E-state index in [2.05, 4.69) is 20.8 Å². The summed E-state index contributed by atoms with van der Waals surface area (Å²) in [6, 6.07) is 15.4. The van der Waals surface area contributed by atoms with Crippen LogP contribution in [0.15, 0.2) is 54.6 Å². The van der Waals surface area contributed by atoms with E-state index in [1.165, 1.54) is 16.2 Å². The highest BCUT2D eigenvalue weighted by atomic mass is 32.1. The lowest BCUT2D eigenvalue weighted by Gasteiger charge is -2.12. The van der Waals surface area contributed by atoms with Crippen molar-refractivity contribution in [1.82, 2.24) is 15.1 Å². The molecule has 0 atom stereocenters. The van der Waals surface area contributed by atoms with Gasteiger partial charge in [0.25, 0.3) is 11.8 Å². The predicted molar refractivity (Wildman–Crippen MR) is 105 cm³/mol. The van der Waals surface area contributed by atoms with Gasteiger partial charge >= 0.3 is 6.03 Å². The second-order valence-corrected chi connectivity index (χ2v) is 7.07. The van der Waals surface area contributed by atoms with E-state index >= 15 is 0 Å². The van der Waals surface area contributed by atoms with Gasteiger partial charge in [-0.15, -0.1) is 10.2 Å². The molecule has 4 rings (SSSR count). The Balaban J connectivity index is 1.34. The first kappa shape index (κ1) is 17.8. The summed E-state index contributed by atoms with van der Waals surface area (Å²) in [5.74, 6) is -0.601. The molecule has 0 bridgehead atoms. The molecule has 0 fully saturated rings. The maximum atomic E-state index is 12.4. The Kier molecular flexibility index (Phi) is 4.81. The molecule has 28 heavy (non-hydrogen) atoms. The molecule has 0 unspecified atom stereocenters. The average molecular weight is 393 g/mol. The third kappa shape index (κ3) is 3.60. The highest BCUT2D eigenvalue weighted by Gasteiger charge is 2.34. The summed E-state index contributed by atoms with van der Waals surface area (Å²) in [5, 5.41) is 14.2. The average Bonchev–Trinajstić information content (AvgIpc) is 3.24. The molecular weight excluding hydrogens is 378 g/mol. The van der Waals surface area contributed by atoms with Crippen molar-refractivity contribution < 1.29 is 14.4 Å². The van der Waals surface area contributed by atoms with E-state index in [-0.39, 0.29) is 18.4 Å². The van der Waals surface area contributed by atoms with E-state index in [9.17, 15) is 14.4 Å². The van der Waals surface area contributed by atoms with Crippen LogP contribution in [0.5, 0.6) is 0 Å². The minimum absolute atomic E-state index is 0.206. The van der Waals surface area contributed by atoms with Crippen molar-refractivity contribution in [1.29, 1.82) is 0 Å². The normalized spacial score (nSPS) is 12.8. The Morgan fingerprint density at radius 2 is 1.54 bits per heavy atom. The smallest absolute Gasteiger partial charge is 0.308 e. The number of rotatable bonds is 5. The maximum Gasteiger partial charge on any atom is 0.325 e. The van der Waals surface area contributed by atoms with Gasteiger partial charge in [-0.2, -0.15) is 0 Å². The number of benzene rings is 2. The van der Waals surface area contributed by atoms with Crippen LogP contribution in [-0.2, 0) is 6.42 Å². The van der Waals surface area contributed by atoms with Crippen LogP contribution in [-0.4, -0.2) is 39.5 Å². The minimum Gasteiger partial charge on any atom is -0.308 e. The quantitative estimate of drug-likeness (QED) is 0.649. The summed E-state index contributed by atoms with van der Waals surface area (Å²) < 4.78 is 0. The monoisotopic (exact) mass is 393 g/mol. The number of nitrogens with one attached hydrogen (secondary N) is 2. The zero-order valence-corrected chi connectivity index (χ0v) is 15.4. The molecule has 0 radical (unpaired) electrons. The molecule has 140 valence electrons. The molecule has 8 nitrogen and oxygen atoms in total. The number of carbonyl (C=O) groups is 3. The van der Waals surface area contributed by atoms with Gasteiger partial charge in [-0.1, -0.05) is 41.7 Å². The number of urea groups is 1. The molecule has 1 aliphatic rings. The zero-order chi connectivity index (χ0) is 19.5. The fraction of sp³-hybridized carbons (Fsp3) is 0.105. The van der Waals surface area contributed by atoms with E-state index in [0.29, 0.717) is 33.4 Å². The second-order valence-electron chi connectivity index (χ2n) is 6.00. The topological polar surface area (TPSA) is 104 Å². The van der Waals surface area contributed by atoms with Gasteiger partial charge < -0.3 is 5.32 Å². The van der Waals surface area contributed by atoms with E-state index in [0.717, 1.165) is 0 Å². The van der Waals surface area contributed by atoms with Gasteiger partial charge in [0, 0.05) is 18.7 Å². The molecule has 2 N–H and O–H groups in total. The summed E-state index contributed by atoms with van der Waals surface area (Å²) >= 11 is 1.20. The molecule has 0 saturated carbocycles. The largest absolute Gasteiger partial charge is 0.325 e. The molecule has 4 amide bonds. The first-order valence-corrected chi connectivity index (χ1v) is 9.34. The Morgan fingerprint density at radius 3 is 2.21 bits per heavy atom. The summed E-state index contributed by atoms with van der Waals surface area (Å²) in [4.78, 5) is 37.9. The zero-order valence-electron chi connectivity index (χ0n) is 14.6. The molecule has 0 spiro atoms. The van der Waals surface area contributed by atoms with Crippen LogP contribution in [0, 0.1) is 0 Å². The minimum atomic E-state index is -0.422. The van der Waals surface area contributed by atoms with Crippen molar-refractivity contribution >= 4 is 40.0 Å². The number of aromatic nitrogens is 2. The highest BCUT2D eigenvalue weighted by Crippen LogP contribution is 2.23. The van der Waals surface area contributed by atoms with Crippen LogP contribution < -0.4 is 10.6 Å². The lowest BCUT2D eigenvalue weighted by molar-refractivity contribution is 0.0656. The van der Waals surface area contributed by atoms with E-state index in [1.807, 2.05) is 18.2 Å². The standard InChI is InChI=1S/C19H15N5O3S/c25-16-13-8-4-5-9-14(13)17(26)24(16)11-10-15-22-23-19(28-15)21-18(27)20-12-6-2-1-3-7-12/h1-9H,10-11H2,(H2,20,21,23,27). The third-order valence-corrected chi connectivity index (χ3v) is 5.04. The van der Waals surface area contributed by atoms with Crippen LogP contribution in [0.25, 0.3) is 0 Å². The predicted octanol–water partition coefficient (Wildman–Crippen LogP) is 3.02. The van der Waals surface area contributed by atoms with E-state index < -0.39 is 6.03 Å². The van der Waals surface area contributed by atoms with Crippen molar-refractivity contribution in [3.8, 4) is 0 Å². The van der Waals surface area contributed by atoms with Crippen molar-refractivity contribution in [2.45, 2.75) is 6.42 Å². The number of hydrogen-bond donors (Lipinski definition) is 2.